The quantitative estimate of drug-likeness (QED) is 0.808. The molecule has 0 aliphatic rings. The normalized spacial score (nSPS) is 10.8. The number of aromatic nitrogens is 2. The maximum absolute atomic E-state index is 5.92. The number of benzene rings is 1. The standard InChI is InChI=1S/C16H18BrN3O/c1-3-7-12-8-5-6-9-14(12)21-15-13(17)11-19-16(20-15)18-10-4-2/h3,5-9,11H,4,10H2,1-2H3,(H,18,19,20)/b7-3+. The van der Waals surface area contributed by atoms with E-state index in [-0.39, 0.29) is 0 Å². The average molecular weight is 348 g/mol. The van der Waals surface area contributed by atoms with Crippen molar-refractivity contribution in [2.75, 3.05) is 11.9 Å². The fourth-order valence-electron chi connectivity index (χ4n) is 1.74. The maximum atomic E-state index is 5.92. The monoisotopic (exact) mass is 347 g/mol. The lowest BCUT2D eigenvalue weighted by molar-refractivity contribution is 0.458. The lowest BCUT2D eigenvalue weighted by Gasteiger charge is -2.10. The summed E-state index contributed by atoms with van der Waals surface area (Å²) in [6.07, 6.45) is 6.68. The van der Waals surface area contributed by atoms with E-state index < -0.39 is 0 Å². The number of halogens is 1. The molecule has 0 aliphatic heterocycles. The van der Waals surface area contributed by atoms with E-state index in [1.54, 1.807) is 6.20 Å². The van der Waals surface area contributed by atoms with Crippen molar-refractivity contribution in [3.05, 3.63) is 46.6 Å². The first kappa shape index (κ1) is 15.5. The van der Waals surface area contributed by atoms with Crippen molar-refractivity contribution in [3.63, 3.8) is 0 Å². The van der Waals surface area contributed by atoms with Gasteiger partial charge in [-0.1, -0.05) is 37.3 Å². The third-order valence-corrected chi connectivity index (χ3v) is 3.26. The van der Waals surface area contributed by atoms with Crippen LogP contribution in [0.3, 0.4) is 0 Å². The highest BCUT2D eigenvalue weighted by atomic mass is 79.9. The van der Waals surface area contributed by atoms with Gasteiger partial charge in [-0.25, -0.2) is 4.98 Å². The molecule has 0 radical (unpaired) electrons. The minimum atomic E-state index is 0.501. The number of ether oxygens (including phenoxy) is 1. The van der Waals surface area contributed by atoms with Gasteiger partial charge in [0.25, 0.3) is 0 Å². The highest BCUT2D eigenvalue weighted by Crippen LogP contribution is 2.30. The number of nitrogens with one attached hydrogen (secondary N) is 1. The molecule has 0 spiro atoms. The summed E-state index contributed by atoms with van der Waals surface area (Å²) in [5, 5.41) is 3.15. The molecule has 0 unspecified atom stereocenters. The van der Waals surface area contributed by atoms with Gasteiger partial charge < -0.3 is 10.1 Å². The van der Waals surface area contributed by atoms with Crippen LogP contribution in [-0.4, -0.2) is 16.5 Å². The Kier molecular flexibility index (Phi) is 5.75. The summed E-state index contributed by atoms with van der Waals surface area (Å²) in [5.74, 6) is 1.83. The predicted octanol–water partition coefficient (Wildman–Crippen LogP) is 4.89. The predicted molar refractivity (Wildman–Crippen MR) is 89.7 cm³/mol. The van der Waals surface area contributed by atoms with Crippen LogP contribution in [0.25, 0.3) is 6.08 Å². The third kappa shape index (κ3) is 4.29. The second kappa shape index (κ2) is 7.78. The van der Waals surface area contributed by atoms with E-state index in [4.69, 9.17) is 4.74 Å². The van der Waals surface area contributed by atoms with Crippen molar-refractivity contribution in [3.8, 4) is 11.6 Å². The Morgan fingerprint density at radius 1 is 1.33 bits per heavy atom. The molecule has 0 amide bonds. The largest absolute Gasteiger partial charge is 0.437 e. The van der Waals surface area contributed by atoms with E-state index in [9.17, 15) is 0 Å². The summed E-state index contributed by atoms with van der Waals surface area (Å²) >= 11 is 3.42. The van der Waals surface area contributed by atoms with Crippen molar-refractivity contribution < 1.29 is 4.74 Å². The molecular formula is C16H18BrN3O. The van der Waals surface area contributed by atoms with Crippen molar-refractivity contribution in [1.29, 1.82) is 0 Å². The van der Waals surface area contributed by atoms with Crippen molar-refractivity contribution >= 4 is 28.0 Å². The summed E-state index contributed by atoms with van der Waals surface area (Å²) in [6.45, 7) is 4.90. The SMILES string of the molecule is C/C=C/c1ccccc1Oc1nc(NCCC)ncc1Br. The van der Waals surface area contributed by atoms with Gasteiger partial charge in [0.15, 0.2) is 0 Å². The Morgan fingerprint density at radius 3 is 2.90 bits per heavy atom. The lowest BCUT2D eigenvalue weighted by atomic mass is 10.2. The van der Waals surface area contributed by atoms with Gasteiger partial charge in [-0.15, -0.1) is 0 Å². The van der Waals surface area contributed by atoms with Crippen LogP contribution in [0.4, 0.5) is 5.95 Å². The molecule has 1 aromatic heterocycles. The second-order valence-corrected chi connectivity index (χ2v) is 5.27. The highest BCUT2D eigenvalue weighted by molar-refractivity contribution is 9.10. The van der Waals surface area contributed by atoms with E-state index in [0.717, 1.165) is 28.8 Å². The molecule has 1 N–H and O–H groups in total. The third-order valence-electron chi connectivity index (χ3n) is 2.72. The van der Waals surface area contributed by atoms with Crippen LogP contribution in [0, 0.1) is 0 Å². The molecule has 0 aliphatic carbocycles. The Bertz CT molecular complexity index is 629. The molecule has 0 saturated heterocycles. The molecule has 0 fully saturated rings. The molecule has 0 bridgehead atoms. The smallest absolute Gasteiger partial charge is 0.238 e. The molecule has 0 atom stereocenters. The zero-order valence-electron chi connectivity index (χ0n) is 12.1. The Morgan fingerprint density at radius 2 is 2.14 bits per heavy atom. The Labute approximate surface area is 133 Å². The van der Waals surface area contributed by atoms with Crippen LogP contribution in [0.5, 0.6) is 11.6 Å². The fourth-order valence-corrected chi connectivity index (χ4v) is 2.01. The summed E-state index contributed by atoms with van der Waals surface area (Å²) in [4.78, 5) is 8.60. The van der Waals surface area contributed by atoms with Gasteiger partial charge in [0.05, 0.1) is 10.7 Å². The number of hydrogen-bond donors (Lipinski definition) is 1. The van der Waals surface area contributed by atoms with E-state index in [0.29, 0.717) is 11.8 Å². The Hall–Kier alpha value is -1.88. The summed E-state index contributed by atoms with van der Waals surface area (Å²) in [6, 6.07) is 7.84. The number of hydrogen-bond acceptors (Lipinski definition) is 4. The van der Waals surface area contributed by atoms with Crippen molar-refractivity contribution in [2.45, 2.75) is 20.3 Å². The van der Waals surface area contributed by atoms with Crippen LogP contribution in [-0.2, 0) is 0 Å². The van der Waals surface area contributed by atoms with Crippen LogP contribution >= 0.6 is 15.9 Å². The van der Waals surface area contributed by atoms with Gasteiger partial charge in [0.2, 0.25) is 11.8 Å². The summed E-state index contributed by atoms with van der Waals surface area (Å²) in [7, 11) is 0. The number of allylic oxidation sites excluding steroid dienone is 1. The van der Waals surface area contributed by atoms with Gasteiger partial charge >= 0.3 is 0 Å². The topological polar surface area (TPSA) is 47.0 Å². The first-order chi connectivity index (χ1) is 10.2. The Balaban J connectivity index is 2.26. The molecule has 4 nitrogen and oxygen atoms in total. The molecule has 5 heteroatoms. The van der Waals surface area contributed by atoms with Gasteiger partial charge in [-0.2, -0.15) is 4.98 Å². The van der Waals surface area contributed by atoms with Gasteiger partial charge in [0.1, 0.15) is 5.75 Å². The lowest BCUT2D eigenvalue weighted by Crippen LogP contribution is -2.05. The number of rotatable bonds is 6. The molecule has 110 valence electrons. The van der Waals surface area contributed by atoms with E-state index >= 15 is 0 Å². The first-order valence-electron chi connectivity index (χ1n) is 6.90. The van der Waals surface area contributed by atoms with Gasteiger partial charge in [-0.05, 0) is 35.3 Å². The van der Waals surface area contributed by atoms with Gasteiger partial charge in [-0.3, -0.25) is 0 Å². The minimum absolute atomic E-state index is 0.501. The van der Waals surface area contributed by atoms with E-state index in [1.165, 1.54) is 0 Å². The molecule has 21 heavy (non-hydrogen) atoms. The summed E-state index contributed by atoms with van der Waals surface area (Å²) in [5.41, 5.74) is 1.01. The first-order valence-corrected chi connectivity index (χ1v) is 7.70. The van der Waals surface area contributed by atoms with Crippen molar-refractivity contribution in [1.82, 2.24) is 9.97 Å². The second-order valence-electron chi connectivity index (χ2n) is 4.41. The van der Waals surface area contributed by atoms with Crippen LogP contribution < -0.4 is 10.1 Å². The molecule has 0 saturated carbocycles. The number of anilines is 1. The molecule has 1 heterocycles. The number of para-hydroxylation sites is 1. The number of nitrogens with zero attached hydrogens (tertiary/aromatic N) is 2. The zero-order chi connectivity index (χ0) is 15.1. The molecule has 2 rings (SSSR count). The van der Waals surface area contributed by atoms with Gasteiger partial charge in [0, 0.05) is 12.1 Å². The van der Waals surface area contributed by atoms with Crippen LogP contribution in [0.1, 0.15) is 25.8 Å². The maximum Gasteiger partial charge on any atom is 0.238 e. The minimum Gasteiger partial charge on any atom is -0.437 e. The molecule has 1 aromatic carbocycles. The van der Waals surface area contributed by atoms with Crippen LogP contribution in [0.2, 0.25) is 0 Å². The van der Waals surface area contributed by atoms with E-state index in [1.807, 2.05) is 43.3 Å². The highest BCUT2D eigenvalue weighted by Gasteiger charge is 2.09. The van der Waals surface area contributed by atoms with Crippen molar-refractivity contribution in [2.24, 2.45) is 0 Å². The summed E-state index contributed by atoms with van der Waals surface area (Å²) < 4.78 is 6.65. The average Bonchev–Trinajstić information content (AvgIpc) is 2.50. The molecular weight excluding hydrogens is 330 g/mol. The van der Waals surface area contributed by atoms with Crippen LogP contribution in [0.15, 0.2) is 41.0 Å². The zero-order valence-corrected chi connectivity index (χ0v) is 13.7. The molecule has 2 aromatic rings. The fraction of sp³-hybridized carbons (Fsp3) is 0.250. The van der Waals surface area contributed by atoms with E-state index in [2.05, 4.69) is 38.1 Å².